The molecule has 0 amide bonds. The summed E-state index contributed by atoms with van der Waals surface area (Å²) in [6, 6.07) is 7.39. The molecule has 1 aromatic rings. The fourth-order valence-electron chi connectivity index (χ4n) is 1.97. The number of aliphatic carboxylic acids is 1. The standard InChI is InChI=1S/C14H20ClNO2/c1-9(8-13(16)10(2)14(17)18)7-11-5-3-4-6-12(11)15/h3-6,9-10,13H,7-8,16H2,1-2H3,(H,17,18)/t9-,10?,13-/m0/s1. The molecule has 100 valence electrons. The van der Waals surface area contributed by atoms with E-state index in [1.165, 1.54) is 0 Å². The van der Waals surface area contributed by atoms with Crippen LogP contribution in [0, 0.1) is 11.8 Å². The first-order chi connectivity index (χ1) is 8.41. The van der Waals surface area contributed by atoms with Crippen LogP contribution in [0.15, 0.2) is 24.3 Å². The minimum Gasteiger partial charge on any atom is -0.481 e. The summed E-state index contributed by atoms with van der Waals surface area (Å²) in [4.78, 5) is 10.8. The number of carbonyl (C=O) groups is 1. The Labute approximate surface area is 113 Å². The average molecular weight is 270 g/mol. The van der Waals surface area contributed by atoms with Gasteiger partial charge in [-0.3, -0.25) is 4.79 Å². The van der Waals surface area contributed by atoms with Gasteiger partial charge in [0.2, 0.25) is 0 Å². The highest BCUT2D eigenvalue weighted by Crippen LogP contribution is 2.22. The first-order valence-corrected chi connectivity index (χ1v) is 6.51. The quantitative estimate of drug-likeness (QED) is 0.835. The Kier molecular flexibility index (Phi) is 5.63. The molecule has 0 saturated carbocycles. The van der Waals surface area contributed by atoms with E-state index in [1.807, 2.05) is 24.3 Å². The molecule has 3 atom stereocenters. The number of carboxylic acids is 1. The Hall–Kier alpha value is -1.06. The van der Waals surface area contributed by atoms with E-state index in [4.69, 9.17) is 22.4 Å². The van der Waals surface area contributed by atoms with Crippen molar-refractivity contribution in [3.05, 3.63) is 34.9 Å². The van der Waals surface area contributed by atoms with Crippen LogP contribution in [-0.2, 0) is 11.2 Å². The van der Waals surface area contributed by atoms with Gasteiger partial charge in [0.05, 0.1) is 5.92 Å². The van der Waals surface area contributed by atoms with E-state index in [0.29, 0.717) is 12.3 Å². The van der Waals surface area contributed by atoms with Crippen LogP contribution in [0.2, 0.25) is 5.02 Å². The van der Waals surface area contributed by atoms with Crippen molar-refractivity contribution in [2.24, 2.45) is 17.6 Å². The van der Waals surface area contributed by atoms with Gasteiger partial charge in [-0.1, -0.05) is 43.6 Å². The van der Waals surface area contributed by atoms with Crippen LogP contribution in [0.25, 0.3) is 0 Å². The molecule has 3 nitrogen and oxygen atoms in total. The fraction of sp³-hybridized carbons (Fsp3) is 0.500. The van der Waals surface area contributed by atoms with Crippen LogP contribution in [0.5, 0.6) is 0 Å². The second kappa shape index (κ2) is 6.76. The highest BCUT2D eigenvalue weighted by molar-refractivity contribution is 6.31. The van der Waals surface area contributed by atoms with Crippen molar-refractivity contribution in [3.63, 3.8) is 0 Å². The van der Waals surface area contributed by atoms with Crippen LogP contribution < -0.4 is 5.73 Å². The van der Waals surface area contributed by atoms with Gasteiger partial charge in [-0.05, 0) is 30.4 Å². The molecule has 0 aliphatic heterocycles. The van der Waals surface area contributed by atoms with Gasteiger partial charge in [0.25, 0.3) is 0 Å². The van der Waals surface area contributed by atoms with Gasteiger partial charge < -0.3 is 10.8 Å². The first-order valence-electron chi connectivity index (χ1n) is 6.13. The van der Waals surface area contributed by atoms with Crippen molar-refractivity contribution < 1.29 is 9.90 Å². The molecule has 1 unspecified atom stereocenters. The van der Waals surface area contributed by atoms with E-state index >= 15 is 0 Å². The van der Waals surface area contributed by atoms with Crippen molar-refractivity contribution in [3.8, 4) is 0 Å². The lowest BCUT2D eigenvalue weighted by Crippen LogP contribution is -2.35. The zero-order chi connectivity index (χ0) is 13.7. The van der Waals surface area contributed by atoms with Crippen LogP contribution in [-0.4, -0.2) is 17.1 Å². The first kappa shape index (κ1) is 15.0. The summed E-state index contributed by atoms with van der Waals surface area (Å²) in [5.74, 6) is -1.05. The number of hydrogen-bond donors (Lipinski definition) is 2. The maximum absolute atomic E-state index is 10.8. The van der Waals surface area contributed by atoms with Crippen LogP contribution in [0.1, 0.15) is 25.8 Å². The van der Waals surface area contributed by atoms with Crippen molar-refractivity contribution in [2.75, 3.05) is 0 Å². The third-order valence-corrected chi connectivity index (χ3v) is 3.60. The Balaban J connectivity index is 2.54. The molecule has 0 aliphatic carbocycles. The van der Waals surface area contributed by atoms with E-state index in [0.717, 1.165) is 17.0 Å². The summed E-state index contributed by atoms with van der Waals surface area (Å²) in [5.41, 5.74) is 6.98. The van der Waals surface area contributed by atoms with Gasteiger partial charge in [-0.25, -0.2) is 0 Å². The van der Waals surface area contributed by atoms with E-state index in [2.05, 4.69) is 6.92 Å². The zero-order valence-electron chi connectivity index (χ0n) is 10.8. The average Bonchev–Trinajstić information content (AvgIpc) is 2.30. The van der Waals surface area contributed by atoms with Crippen LogP contribution in [0.4, 0.5) is 0 Å². The van der Waals surface area contributed by atoms with Crippen LogP contribution in [0.3, 0.4) is 0 Å². The molecular formula is C14H20ClNO2. The number of halogens is 1. The lowest BCUT2D eigenvalue weighted by atomic mass is 9.89. The molecule has 1 rings (SSSR count). The van der Waals surface area contributed by atoms with Crippen molar-refractivity contribution in [1.82, 2.24) is 0 Å². The zero-order valence-corrected chi connectivity index (χ0v) is 11.5. The van der Waals surface area contributed by atoms with E-state index in [1.54, 1.807) is 6.92 Å². The predicted octanol–water partition coefficient (Wildman–Crippen LogP) is 2.96. The molecule has 0 aromatic heterocycles. The summed E-state index contributed by atoms with van der Waals surface area (Å²) in [7, 11) is 0. The van der Waals surface area contributed by atoms with Gasteiger partial charge in [-0.2, -0.15) is 0 Å². The number of nitrogens with two attached hydrogens (primary N) is 1. The summed E-state index contributed by atoms with van der Waals surface area (Å²) >= 11 is 6.09. The highest BCUT2D eigenvalue weighted by atomic mass is 35.5. The highest BCUT2D eigenvalue weighted by Gasteiger charge is 2.22. The molecule has 0 heterocycles. The maximum Gasteiger partial charge on any atom is 0.307 e. The second-order valence-electron chi connectivity index (χ2n) is 4.93. The van der Waals surface area contributed by atoms with Gasteiger partial charge in [0.1, 0.15) is 0 Å². The molecule has 0 bridgehead atoms. The van der Waals surface area contributed by atoms with Gasteiger partial charge in [0, 0.05) is 11.1 Å². The molecule has 4 heteroatoms. The summed E-state index contributed by atoms with van der Waals surface area (Å²) in [6.07, 6.45) is 1.50. The third-order valence-electron chi connectivity index (χ3n) is 3.23. The van der Waals surface area contributed by atoms with E-state index < -0.39 is 11.9 Å². The molecule has 0 radical (unpaired) electrons. The lowest BCUT2D eigenvalue weighted by molar-refractivity contribution is -0.141. The number of carboxylic acid groups (broad SMARTS) is 1. The topological polar surface area (TPSA) is 63.3 Å². The fourth-order valence-corrected chi connectivity index (χ4v) is 2.19. The monoisotopic (exact) mass is 269 g/mol. The molecule has 0 spiro atoms. The summed E-state index contributed by atoms with van der Waals surface area (Å²) < 4.78 is 0. The summed E-state index contributed by atoms with van der Waals surface area (Å²) in [5, 5.41) is 9.65. The SMILES string of the molecule is CC(C(=O)O)[C@@H](N)C[C@@H](C)Cc1ccccc1Cl. The van der Waals surface area contributed by atoms with E-state index in [-0.39, 0.29) is 6.04 Å². The molecule has 18 heavy (non-hydrogen) atoms. The molecule has 0 fully saturated rings. The van der Waals surface area contributed by atoms with Gasteiger partial charge in [-0.15, -0.1) is 0 Å². The Morgan fingerprint density at radius 1 is 1.39 bits per heavy atom. The Bertz CT molecular complexity index is 409. The maximum atomic E-state index is 10.8. The van der Waals surface area contributed by atoms with Crippen molar-refractivity contribution in [1.29, 1.82) is 0 Å². The normalized spacial score (nSPS) is 16.0. The van der Waals surface area contributed by atoms with Crippen molar-refractivity contribution >= 4 is 17.6 Å². The molecule has 0 saturated heterocycles. The van der Waals surface area contributed by atoms with Crippen LogP contribution >= 0.6 is 11.6 Å². The third kappa shape index (κ3) is 4.31. The predicted molar refractivity (Wildman–Crippen MR) is 73.7 cm³/mol. The smallest absolute Gasteiger partial charge is 0.307 e. The Morgan fingerprint density at radius 3 is 2.56 bits per heavy atom. The molecule has 0 aliphatic rings. The van der Waals surface area contributed by atoms with E-state index in [9.17, 15) is 4.79 Å². The minimum absolute atomic E-state index is 0.307. The molecule has 3 N–H and O–H groups in total. The number of rotatable bonds is 6. The Morgan fingerprint density at radius 2 is 2.00 bits per heavy atom. The number of benzene rings is 1. The largest absolute Gasteiger partial charge is 0.481 e. The molecular weight excluding hydrogens is 250 g/mol. The second-order valence-corrected chi connectivity index (χ2v) is 5.33. The lowest BCUT2D eigenvalue weighted by Gasteiger charge is -2.20. The number of hydrogen-bond acceptors (Lipinski definition) is 2. The molecule has 1 aromatic carbocycles. The minimum atomic E-state index is -0.840. The summed E-state index contributed by atoms with van der Waals surface area (Å²) in [6.45, 7) is 3.72. The van der Waals surface area contributed by atoms with Gasteiger partial charge in [0.15, 0.2) is 0 Å². The van der Waals surface area contributed by atoms with Crippen molar-refractivity contribution in [2.45, 2.75) is 32.7 Å². The van der Waals surface area contributed by atoms with Gasteiger partial charge >= 0.3 is 5.97 Å².